The maximum Gasteiger partial charge on any atom is 0.0609 e. The smallest absolute Gasteiger partial charge is 0.0609 e. The van der Waals surface area contributed by atoms with Crippen LogP contribution in [-0.2, 0) is 6.42 Å². The second-order valence-electron chi connectivity index (χ2n) is 5.99. The van der Waals surface area contributed by atoms with Gasteiger partial charge in [-0.2, -0.15) is 0 Å². The molecule has 0 bridgehead atoms. The summed E-state index contributed by atoms with van der Waals surface area (Å²) in [6.07, 6.45) is 2.37. The molecular formula is C16H23BrN2O2. The SMILES string of the molecule is OCC(CO)N1CCN([C@H]2CCc3cc(Br)ccc32)CC1. The summed E-state index contributed by atoms with van der Waals surface area (Å²) in [6.45, 7) is 3.95. The summed E-state index contributed by atoms with van der Waals surface area (Å²) < 4.78 is 1.17. The molecule has 0 spiro atoms. The zero-order valence-electron chi connectivity index (χ0n) is 12.2. The lowest BCUT2D eigenvalue weighted by Gasteiger charge is -2.40. The van der Waals surface area contributed by atoms with Crippen LogP contribution < -0.4 is 0 Å². The maximum atomic E-state index is 9.29. The lowest BCUT2D eigenvalue weighted by Crippen LogP contribution is -2.53. The van der Waals surface area contributed by atoms with Gasteiger partial charge in [0.25, 0.3) is 0 Å². The minimum atomic E-state index is -0.0982. The molecule has 0 amide bonds. The predicted octanol–water partition coefficient (Wildman–Crippen LogP) is 1.41. The third-order valence-electron chi connectivity index (χ3n) is 4.88. The first-order chi connectivity index (χ1) is 10.2. The third-order valence-corrected chi connectivity index (χ3v) is 5.37. The molecule has 3 rings (SSSR count). The first-order valence-electron chi connectivity index (χ1n) is 7.71. The molecule has 1 aliphatic carbocycles. The number of benzene rings is 1. The molecule has 2 aliphatic rings. The minimum Gasteiger partial charge on any atom is -0.395 e. The van der Waals surface area contributed by atoms with Crippen LogP contribution in [0.5, 0.6) is 0 Å². The zero-order valence-corrected chi connectivity index (χ0v) is 13.8. The summed E-state index contributed by atoms with van der Waals surface area (Å²) in [6, 6.07) is 7.09. The van der Waals surface area contributed by atoms with Gasteiger partial charge < -0.3 is 10.2 Å². The number of piperazine rings is 1. The molecule has 4 nitrogen and oxygen atoms in total. The summed E-state index contributed by atoms with van der Waals surface area (Å²) in [4.78, 5) is 4.76. The Balaban J connectivity index is 1.64. The van der Waals surface area contributed by atoms with Crippen molar-refractivity contribution in [1.82, 2.24) is 9.80 Å². The average molecular weight is 355 g/mol. The van der Waals surface area contributed by atoms with Crippen LogP contribution in [0.4, 0.5) is 0 Å². The van der Waals surface area contributed by atoms with Crippen LogP contribution in [0, 0.1) is 0 Å². The molecule has 0 aromatic heterocycles. The third kappa shape index (κ3) is 3.17. The van der Waals surface area contributed by atoms with Crippen molar-refractivity contribution in [2.75, 3.05) is 39.4 Å². The number of hydrogen-bond acceptors (Lipinski definition) is 4. The fourth-order valence-corrected chi connectivity index (χ4v) is 4.05. The van der Waals surface area contributed by atoms with E-state index in [4.69, 9.17) is 0 Å². The van der Waals surface area contributed by atoms with Crippen molar-refractivity contribution in [2.45, 2.75) is 24.9 Å². The highest BCUT2D eigenvalue weighted by Crippen LogP contribution is 2.37. The molecule has 0 radical (unpaired) electrons. The number of aliphatic hydroxyl groups excluding tert-OH is 2. The fourth-order valence-electron chi connectivity index (χ4n) is 3.65. The second-order valence-corrected chi connectivity index (χ2v) is 6.90. The van der Waals surface area contributed by atoms with Gasteiger partial charge in [0, 0.05) is 36.7 Å². The van der Waals surface area contributed by atoms with Gasteiger partial charge in [-0.3, -0.25) is 9.80 Å². The normalized spacial score (nSPS) is 23.7. The molecule has 1 heterocycles. The van der Waals surface area contributed by atoms with E-state index in [0.29, 0.717) is 6.04 Å². The summed E-state index contributed by atoms with van der Waals surface area (Å²) in [5.41, 5.74) is 2.95. The van der Waals surface area contributed by atoms with E-state index in [0.717, 1.165) is 32.6 Å². The van der Waals surface area contributed by atoms with Crippen molar-refractivity contribution in [1.29, 1.82) is 0 Å². The summed E-state index contributed by atoms with van der Waals surface area (Å²) in [5.74, 6) is 0. The topological polar surface area (TPSA) is 46.9 Å². The predicted molar refractivity (Wildman–Crippen MR) is 86.3 cm³/mol. The minimum absolute atomic E-state index is 0.0385. The van der Waals surface area contributed by atoms with Gasteiger partial charge in [0.2, 0.25) is 0 Å². The van der Waals surface area contributed by atoms with E-state index >= 15 is 0 Å². The standard InChI is InChI=1S/C16H23BrN2O2/c17-13-2-3-15-12(9-13)1-4-16(15)19-7-5-18(6-8-19)14(10-20)11-21/h2-3,9,14,16,20-21H,1,4-8,10-11H2/t16-/m0/s1. The molecule has 0 unspecified atom stereocenters. The number of nitrogens with zero attached hydrogens (tertiary/aromatic N) is 2. The number of rotatable bonds is 4. The summed E-state index contributed by atoms with van der Waals surface area (Å²) in [7, 11) is 0. The molecule has 1 atom stereocenters. The van der Waals surface area contributed by atoms with Gasteiger partial charge in [0.1, 0.15) is 0 Å². The van der Waals surface area contributed by atoms with E-state index in [9.17, 15) is 10.2 Å². The number of aliphatic hydroxyl groups is 2. The van der Waals surface area contributed by atoms with E-state index in [-0.39, 0.29) is 19.3 Å². The zero-order chi connectivity index (χ0) is 14.8. The Morgan fingerprint density at radius 1 is 1.14 bits per heavy atom. The number of fused-ring (bicyclic) bond motifs is 1. The first-order valence-corrected chi connectivity index (χ1v) is 8.50. The summed E-state index contributed by atoms with van der Waals surface area (Å²) in [5, 5.41) is 18.6. The Bertz CT molecular complexity index is 485. The van der Waals surface area contributed by atoms with Crippen molar-refractivity contribution in [3.8, 4) is 0 Å². The maximum absolute atomic E-state index is 9.29. The monoisotopic (exact) mass is 354 g/mol. The van der Waals surface area contributed by atoms with E-state index in [1.165, 1.54) is 22.0 Å². The van der Waals surface area contributed by atoms with Crippen LogP contribution in [0.15, 0.2) is 22.7 Å². The number of aryl methyl sites for hydroxylation is 1. The number of halogens is 1. The average Bonchev–Trinajstić information content (AvgIpc) is 2.92. The van der Waals surface area contributed by atoms with Crippen LogP contribution in [0.1, 0.15) is 23.6 Å². The molecule has 0 saturated carbocycles. The largest absolute Gasteiger partial charge is 0.395 e. The van der Waals surface area contributed by atoms with E-state index < -0.39 is 0 Å². The Morgan fingerprint density at radius 2 is 1.86 bits per heavy atom. The fraction of sp³-hybridized carbons (Fsp3) is 0.625. The molecule has 1 aromatic carbocycles. The van der Waals surface area contributed by atoms with Crippen molar-refractivity contribution < 1.29 is 10.2 Å². The molecular weight excluding hydrogens is 332 g/mol. The molecule has 1 aromatic rings. The van der Waals surface area contributed by atoms with Gasteiger partial charge in [0.15, 0.2) is 0 Å². The van der Waals surface area contributed by atoms with E-state index in [2.05, 4.69) is 43.9 Å². The van der Waals surface area contributed by atoms with Gasteiger partial charge in [-0.05, 0) is 36.1 Å². The van der Waals surface area contributed by atoms with Gasteiger partial charge >= 0.3 is 0 Å². The van der Waals surface area contributed by atoms with E-state index in [1.807, 2.05) is 0 Å². The lowest BCUT2D eigenvalue weighted by molar-refractivity contribution is 0.0234. The summed E-state index contributed by atoms with van der Waals surface area (Å²) >= 11 is 3.55. The van der Waals surface area contributed by atoms with Crippen LogP contribution in [0.25, 0.3) is 0 Å². The van der Waals surface area contributed by atoms with E-state index in [1.54, 1.807) is 0 Å². The number of hydrogen-bond donors (Lipinski definition) is 2. The molecule has 21 heavy (non-hydrogen) atoms. The van der Waals surface area contributed by atoms with Crippen LogP contribution in [0.2, 0.25) is 0 Å². The Kier molecular flexibility index (Phi) is 4.96. The Morgan fingerprint density at radius 3 is 2.52 bits per heavy atom. The van der Waals surface area contributed by atoms with Gasteiger partial charge in [-0.15, -0.1) is 0 Å². The Labute approximate surface area is 134 Å². The highest BCUT2D eigenvalue weighted by molar-refractivity contribution is 9.10. The van der Waals surface area contributed by atoms with Crippen molar-refractivity contribution >= 4 is 15.9 Å². The first kappa shape index (κ1) is 15.4. The second kappa shape index (κ2) is 6.75. The van der Waals surface area contributed by atoms with Crippen molar-refractivity contribution in [3.05, 3.63) is 33.8 Å². The highest BCUT2D eigenvalue weighted by atomic mass is 79.9. The van der Waals surface area contributed by atoms with Gasteiger partial charge in [-0.25, -0.2) is 0 Å². The van der Waals surface area contributed by atoms with Crippen LogP contribution in [0.3, 0.4) is 0 Å². The van der Waals surface area contributed by atoms with Crippen molar-refractivity contribution in [3.63, 3.8) is 0 Å². The molecule has 116 valence electrons. The molecule has 1 aliphatic heterocycles. The van der Waals surface area contributed by atoms with Gasteiger partial charge in [0.05, 0.1) is 19.3 Å². The Hall–Kier alpha value is -0.460. The highest BCUT2D eigenvalue weighted by Gasteiger charge is 2.31. The molecule has 5 heteroatoms. The van der Waals surface area contributed by atoms with Crippen LogP contribution in [-0.4, -0.2) is 65.4 Å². The molecule has 2 N–H and O–H groups in total. The van der Waals surface area contributed by atoms with Gasteiger partial charge in [-0.1, -0.05) is 22.0 Å². The van der Waals surface area contributed by atoms with Crippen LogP contribution >= 0.6 is 15.9 Å². The molecule has 1 saturated heterocycles. The molecule has 1 fully saturated rings. The quantitative estimate of drug-likeness (QED) is 0.858. The lowest BCUT2D eigenvalue weighted by atomic mass is 10.1. The van der Waals surface area contributed by atoms with Crippen molar-refractivity contribution in [2.24, 2.45) is 0 Å².